The van der Waals surface area contributed by atoms with Gasteiger partial charge in [0.25, 0.3) is 5.91 Å². The molecule has 1 aromatic carbocycles. The molecule has 150 valence electrons. The molecular weight excluding hydrogens is 374 g/mol. The van der Waals surface area contributed by atoms with E-state index in [1.165, 1.54) is 27.7 Å². The van der Waals surface area contributed by atoms with Gasteiger partial charge in [0, 0.05) is 42.8 Å². The van der Waals surface area contributed by atoms with Crippen LogP contribution in [0, 0.1) is 0 Å². The van der Waals surface area contributed by atoms with E-state index in [2.05, 4.69) is 25.6 Å². The molecule has 3 rings (SSSR count). The number of carbonyl (C=O) groups is 1. The highest BCUT2D eigenvalue weighted by molar-refractivity contribution is 5.92. The van der Waals surface area contributed by atoms with E-state index in [0.717, 1.165) is 5.56 Å². The minimum absolute atomic E-state index is 0.235. The number of nitrogens with zero attached hydrogens (tertiary/aromatic N) is 3. The number of carbonyl (C=O) groups excluding carboxylic acids is 1. The molecule has 2 heterocycles. The third-order valence-electron chi connectivity index (χ3n) is 4.01. The normalized spacial score (nSPS) is 10.2. The summed E-state index contributed by atoms with van der Waals surface area (Å²) in [6, 6.07) is 8.73. The molecule has 0 aliphatic rings. The summed E-state index contributed by atoms with van der Waals surface area (Å²) in [6.07, 6.45) is 4.69. The summed E-state index contributed by atoms with van der Waals surface area (Å²) in [6.45, 7) is 0.353. The van der Waals surface area contributed by atoms with Crippen molar-refractivity contribution in [1.29, 1.82) is 0 Å². The number of nitrogens with one attached hydrogen (secondary N) is 2. The zero-order chi connectivity index (χ0) is 20.6. The van der Waals surface area contributed by atoms with Crippen LogP contribution in [0.1, 0.15) is 16.1 Å². The molecule has 0 aliphatic carbocycles. The summed E-state index contributed by atoms with van der Waals surface area (Å²) < 4.78 is 16.0. The van der Waals surface area contributed by atoms with Gasteiger partial charge in [0.1, 0.15) is 17.8 Å². The zero-order valence-electron chi connectivity index (χ0n) is 16.3. The average molecular weight is 395 g/mol. The maximum absolute atomic E-state index is 12.4. The second kappa shape index (κ2) is 9.36. The molecule has 0 radical (unpaired) electrons. The first kappa shape index (κ1) is 19.9. The quantitative estimate of drug-likeness (QED) is 0.599. The van der Waals surface area contributed by atoms with Crippen molar-refractivity contribution >= 4 is 17.4 Å². The van der Waals surface area contributed by atoms with Gasteiger partial charge in [-0.25, -0.2) is 9.97 Å². The Morgan fingerprint density at radius 1 is 1.03 bits per heavy atom. The Balaban J connectivity index is 1.75. The minimum atomic E-state index is -0.316. The van der Waals surface area contributed by atoms with E-state index < -0.39 is 0 Å². The SMILES string of the molecule is COc1cc(Nc2cc(C(=O)NCc3cccnc3)ncn2)cc(OC)c1OC. The summed E-state index contributed by atoms with van der Waals surface area (Å²) >= 11 is 0. The van der Waals surface area contributed by atoms with Crippen LogP contribution >= 0.6 is 0 Å². The van der Waals surface area contributed by atoms with Gasteiger partial charge in [-0.1, -0.05) is 6.07 Å². The van der Waals surface area contributed by atoms with E-state index in [1.807, 2.05) is 12.1 Å². The molecule has 0 bridgehead atoms. The summed E-state index contributed by atoms with van der Waals surface area (Å²) in [5.74, 6) is 1.61. The second-order valence-electron chi connectivity index (χ2n) is 5.87. The van der Waals surface area contributed by atoms with Gasteiger partial charge in [0.05, 0.1) is 21.3 Å². The number of hydrogen-bond acceptors (Lipinski definition) is 8. The van der Waals surface area contributed by atoms with Crippen molar-refractivity contribution in [2.45, 2.75) is 6.54 Å². The van der Waals surface area contributed by atoms with Gasteiger partial charge in [0.15, 0.2) is 11.5 Å². The van der Waals surface area contributed by atoms with Gasteiger partial charge < -0.3 is 24.8 Å². The lowest BCUT2D eigenvalue weighted by atomic mass is 10.2. The molecule has 0 saturated carbocycles. The van der Waals surface area contributed by atoms with Crippen LogP contribution in [0.4, 0.5) is 11.5 Å². The number of benzene rings is 1. The third kappa shape index (κ3) is 4.89. The lowest BCUT2D eigenvalue weighted by Gasteiger charge is -2.15. The molecule has 29 heavy (non-hydrogen) atoms. The molecule has 1 amide bonds. The maximum atomic E-state index is 12.4. The average Bonchev–Trinajstić information content (AvgIpc) is 2.77. The van der Waals surface area contributed by atoms with Crippen LogP contribution in [0.5, 0.6) is 17.2 Å². The molecule has 0 atom stereocenters. The van der Waals surface area contributed by atoms with Crippen LogP contribution in [0.3, 0.4) is 0 Å². The lowest BCUT2D eigenvalue weighted by molar-refractivity contribution is 0.0945. The van der Waals surface area contributed by atoms with E-state index in [9.17, 15) is 4.79 Å². The van der Waals surface area contributed by atoms with Crippen LogP contribution < -0.4 is 24.8 Å². The van der Waals surface area contributed by atoms with Gasteiger partial charge in [-0.05, 0) is 11.6 Å². The number of ether oxygens (including phenoxy) is 3. The molecular formula is C20H21N5O4. The van der Waals surface area contributed by atoms with Gasteiger partial charge >= 0.3 is 0 Å². The predicted molar refractivity (Wildman–Crippen MR) is 107 cm³/mol. The fourth-order valence-corrected chi connectivity index (χ4v) is 2.63. The van der Waals surface area contributed by atoms with Crippen molar-refractivity contribution in [1.82, 2.24) is 20.3 Å². The monoisotopic (exact) mass is 395 g/mol. The molecule has 0 unspecified atom stereocenters. The second-order valence-corrected chi connectivity index (χ2v) is 5.87. The Bertz CT molecular complexity index is 957. The van der Waals surface area contributed by atoms with Crippen molar-refractivity contribution in [2.75, 3.05) is 26.6 Å². The fraction of sp³-hybridized carbons (Fsp3) is 0.200. The number of methoxy groups -OCH3 is 3. The molecule has 0 aliphatic heterocycles. The number of pyridine rings is 1. The highest BCUT2D eigenvalue weighted by Crippen LogP contribution is 2.40. The van der Waals surface area contributed by atoms with E-state index in [0.29, 0.717) is 35.3 Å². The highest BCUT2D eigenvalue weighted by Gasteiger charge is 2.14. The molecule has 9 heteroatoms. The first-order valence-corrected chi connectivity index (χ1v) is 8.70. The first-order valence-electron chi connectivity index (χ1n) is 8.70. The van der Waals surface area contributed by atoms with E-state index in [-0.39, 0.29) is 11.6 Å². The number of aromatic nitrogens is 3. The zero-order valence-corrected chi connectivity index (χ0v) is 16.3. The van der Waals surface area contributed by atoms with Gasteiger partial charge in [-0.3, -0.25) is 9.78 Å². The largest absolute Gasteiger partial charge is 0.493 e. The van der Waals surface area contributed by atoms with Gasteiger partial charge in [-0.2, -0.15) is 0 Å². The molecule has 0 saturated heterocycles. The van der Waals surface area contributed by atoms with E-state index in [1.54, 1.807) is 30.6 Å². The van der Waals surface area contributed by atoms with Gasteiger partial charge in [0.2, 0.25) is 5.75 Å². The first-order chi connectivity index (χ1) is 14.1. The molecule has 9 nitrogen and oxygen atoms in total. The van der Waals surface area contributed by atoms with Gasteiger partial charge in [-0.15, -0.1) is 0 Å². The molecule has 0 spiro atoms. The summed E-state index contributed by atoms with van der Waals surface area (Å²) in [5, 5.41) is 5.92. The fourth-order valence-electron chi connectivity index (χ4n) is 2.63. The van der Waals surface area contributed by atoms with Crippen LogP contribution in [0.25, 0.3) is 0 Å². The molecule has 3 aromatic rings. The number of anilines is 2. The summed E-state index contributed by atoms with van der Waals surface area (Å²) in [4.78, 5) is 24.6. The highest BCUT2D eigenvalue weighted by atomic mass is 16.5. The predicted octanol–water partition coefficient (Wildman–Crippen LogP) is 2.57. The van der Waals surface area contributed by atoms with Crippen molar-refractivity contribution < 1.29 is 19.0 Å². The van der Waals surface area contributed by atoms with Crippen molar-refractivity contribution in [3.63, 3.8) is 0 Å². The topological polar surface area (TPSA) is 107 Å². The maximum Gasteiger partial charge on any atom is 0.270 e. The van der Waals surface area contributed by atoms with Crippen molar-refractivity contribution in [3.05, 3.63) is 60.3 Å². The summed E-state index contributed by atoms with van der Waals surface area (Å²) in [5.41, 5.74) is 1.78. The molecule has 2 N–H and O–H groups in total. The Hall–Kier alpha value is -3.88. The standard InChI is InChI=1S/C20H21N5O4/c1-27-16-7-14(8-17(28-2)19(16)29-3)25-18-9-15(23-12-24-18)20(26)22-11-13-5-4-6-21-10-13/h4-10,12H,11H2,1-3H3,(H,22,26)(H,23,24,25). The number of hydrogen-bond donors (Lipinski definition) is 2. The Kier molecular flexibility index (Phi) is 6.41. The van der Waals surface area contributed by atoms with Crippen LogP contribution in [-0.2, 0) is 6.54 Å². The lowest BCUT2D eigenvalue weighted by Crippen LogP contribution is -2.24. The van der Waals surface area contributed by atoms with Crippen LogP contribution in [-0.4, -0.2) is 42.2 Å². The van der Waals surface area contributed by atoms with E-state index in [4.69, 9.17) is 14.2 Å². The van der Waals surface area contributed by atoms with E-state index >= 15 is 0 Å². The minimum Gasteiger partial charge on any atom is -0.493 e. The molecule has 2 aromatic heterocycles. The third-order valence-corrected chi connectivity index (χ3v) is 4.01. The van der Waals surface area contributed by atoms with Crippen LogP contribution in [0.2, 0.25) is 0 Å². The Labute approximate surface area is 168 Å². The van der Waals surface area contributed by atoms with Crippen molar-refractivity contribution in [3.8, 4) is 17.2 Å². The van der Waals surface area contributed by atoms with Crippen molar-refractivity contribution in [2.24, 2.45) is 0 Å². The number of amides is 1. The summed E-state index contributed by atoms with van der Waals surface area (Å²) in [7, 11) is 4.61. The smallest absolute Gasteiger partial charge is 0.270 e. The Morgan fingerprint density at radius 2 is 1.79 bits per heavy atom. The Morgan fingerprint density at radius 3 is 2.41 bits per heavy atom. The molecule has 0 fully saturated rings. The van der Waals surface area contributed by atoms with Crippen LogP contribution in [0.15, 0.2) is 49.1 Å². The number of rotatable bonds is 8.